The van der Waals surface area contributed by atoms with Gasteiger partial charge in [0.25, 0.3) is 0 Å². The van der Waals surface area contributed by atoms with E-state index in [4.69, 9.17) is 4.55 Å². The van der Waals surface area contributed by atoms with Crippen LogP contribution in [0.25, 0.3) is 0 Å². The minimum Gasteiger partial charge on any atom is -1.00 e. The second-order valence-electron chi connectivity index (χ2n) is 2.51. The van der Waals surface area contributed by atoms with E-state index in [0.717, 1.165) is 6.26 Å². The standard InChI is InChI=1S/C7H8O5S2.Na.H/c1-14(10,11)12-6-3-2-4-7(5-6)13(8)9;;/h2-5H,1H3,(H,8,9);;/q;+1;-1. The Bertz CT molecular complexity index is 462. The molecule has 0 amide bonds. The van der Waals surface area contributed by atoms with E-state index in [1.165, 1.54) is 24.3 Å². The zero-order chi connectivity index (χ0) is 10.8. The summed E-state index contributed by atoms with van der Waals surface area (Å²) < 4.78 is 45.3. The summed E-state index contributed by atoms with van der Waals surface area (Å²) in [6.07, 6.45) is 0.898. The molecule has 0 saturated heterocycles. The minimum absolute atomic E-state index is 0. The molecule has 0 aliphatic rings. The van der Waals surface area contributed by atoms with Crippen LogP contribution in [-0.2, 0) is 21.2 Å². The van der Waals surface area contributed by atoms with Gasteiger partial charge in [0.2, 0.25) is 0 Å². The predicted octanol–water partition coefficient (Wildman–Crippen LogP) is -2.28. The van der Waals surface area contributed by atoms with Crippen LogP contribution in [0.4, 0.5) is 0 Å². The quantitative estimate of drug-likeness (QED) is 0.376. The fraction of sp³-hybridized carbons (Fsp3) is 0.143. The van der Waals surface area contributed by atoms with Crippen molar-refractivity contribution >= 4 is 21.2 Å². The van der Waals surface area contributed by atoms with Crippen LogP contribution in [-0.4, -0.2) is 23.4 Å². The first-order chi connectivity index (χ1) is 6.38. The monoisotopic (exact) mass is 260 g/mol. The fourth-order valence-corrected chi connectivity index (χ4v) is 1.67. The number of benzene rings is 1. The van der Waals surface area contributed by atoms with Crippen LogP contribution in [0, 0.1) is 0 Å². The summed E-state index contributed by atoms with van der Waals surface area (Å²) in [5.41, 5.74) is 0. The number of rotatable bonds is 3. The topological polar surface area (TPSA) is 80.7 Å². The van der Waals surface area contributed by atoms with Gasteiger partial charge in [-0.15, -0.1) is 0 Å². The SMILES string of the molecule is CS(=O)(=O)Oc1cccc(S(=O)O)c1.[H-].[Na+]. The van der Waals surface area contributed by atoms with E-state index >= 15 is 0 Å². The normalized spacial score (nSPS) is 12.7. The summed E-state index contributed by atoms with van der Waals surface area (Å²) >= 11 is -2.14. The fourth-order valence-electron chi connectivity index (χ4n) is 0.809. The van der Waals surface area contributed by atoms with Gasteiger partial charge in [-0.05, 0) is 12.1 Å². The van der Waals surface area contributed by atoms with Crippen molar-refractivity contribution in [3.8, 4) is 5.75 Å². The van der Waals surface area contributed by atoms with Crippen molar-refractivity contribution in [2.24, 2.45) is 0 Å². The summed E-state index contributed by atoms with van der Waals surface area (Å²) in [4.78, 5) is 0.0890. The molecule has 0 aliphatic carbocycles. The van der Waals surface area contributed by atoms with Gasteiger partial charge in [0.15, 0.2) is 11.1 Å². The molecule has 1 rings (SSSR count). The molecule has 0 spiro atoms. The zero-order valence-corrected chi connectivity index (χ0v) is 11.8. The van der Waals surface area contributed by atoms with Crippen LogP contribution in [0.5, 0.6) is 5.75 Å². The maximum atomic E-state index is 10.7. The summed E-state index contributed by atoms with van der Waals surface area (Å²) in [7, 11) is -3.60. The molecule has 1 aromatic rings. The molecule has 0 fully saturated rings. The third-order valence-electron chi connectivity index (χ3n) is 1.25. The summed E-state index contributed by atoms with van der Waals surface area (Å²) in [5.74, 6) is 0.0207. The van der Waals surface area contributed by atoms with E-state index in [1.54, 1.807) is 0 Å². The maximum absolute atomic E-state index is 10.7. The van der Waals surface area contributed by atoms with E-state index in [0.29, 0.717) is 0 Å². The Labute approximate surface area is 114 Å². The second-order valence-corrected chi connectivity index (χ2v) is 5.06. The van der Waals surface area contributed by atoms with Crippen molar-refractivity contribution in [1.82, 2.24) is 0 Å². The molecular formula is C7H9NaO5S2. The molecule has 1 N–H and O–H groups in total. The van der Waals surface area contributed by atoms with Gasteiger partial charge in [-0.1, -0.05) is 6.07 Å². The van der Waals surface area contributed by atoms with Gasteiger partial charge >= 0.3 is 39.7 Å². The molecule has 0 aromatic heterocycles. The van der Waals surface area contributed by atoms with Gasteiger partial charge in [-0.3, -0.25) is 0 Å². The van der Waals surface area contributed by atoms with Gasteiger partial charge in [0.05, 0.1) is 11.2 Å². The van der Waals surface area contributed by atoms with Crippen molar-refractivity contribution in [1.29, 1.82) is 0 Å². The van der Waals surface area contributed by atoms with Crippen molar-refractivity contribution < 1.29 is 52.3 Å². The number of hydrogen-bond donors (Lipinski definition) is 1. The second kappa shape index (κ2) is 5.97. The molecule has 80 valence electrons. The van der Waals surface area contributed by atoms with E-state index in [1.807, 2.05) is 0 Å². The molecular weight excluding hydrogens is 251 g/mol. The third kappa shape index (κ3) is 5.64. The van der Waals surface area contributed by atoms with Gasteiger partial charge < -0.3 is 10.2 Å². The van der Waals surface area contributed by atoms with E-state index in [-0.39, 0.29) is 41.6 Å². The van der Waals surface area contributed by atoms with Crippen molar-refractivity contribution in [2.75, 3.05) is 6.26 Å². The molecule has 0 heterocycles. The van der Waals surface area contributed by atoms with E-state index in [2.05, 4.69) is 4.18 Å². The van der Waals surface area contributed by atoms with Crippen molar-refractivity contribution in [3.05, 3.63) is 24.3 Å². The molecule has 0 radical (unpaired) electrons. The van der Waals surface area contributed by atoms with Crippen LogP contribution in [0.15, 0.2) is 29.2 Å². The molecule has 0 aliphatic heterocycles. The van der Waals surface area contributed by atoms with E-state index in [9.17, 15) is 12.6 Å². The first-order valence-corrected chi connectivity index (χ1v) is 6.41. The smallest absolute Gasteiger partial charge is 1.00 e. The molecule has 1 atom stereocenters. The number of hydrogen-bond acceptors (Lipinski definition) is 4. The molecule has 8 heteroatoms. The maximum Gasteiger partial charge on any atom is 1.00 e. The Morgan fingerprint density at radius 3 is 2.53 bits per heavy atom. The molecule has 1 aromatic carbocycles. The third-order valence-corrected chi connectivity index (χ3v) is 2.41. The van der Waals surface area contributed by atoms with Crippen LogP contribution in [0.1, 0.15) is 1.43 Å². The van der Waals surface area contributed by atoms with E-state index < -0.39 is 21.2 Å². The molecule has 5 nitrogen and oxygen atoms in total. The summed E-state index contributed by atoms with van der Waals surface area (Å²) in [5, 5.41) is 0. The zero-order valence-electron chi connectivity index (χ0n) is 9.21. The van der Waals surface area contributed by atoms with Gasteiger partial charge in [-0.2, -0.15) is 8.42 Å². The van der Waals surface area contributed by atoms with Crippen LogP contribution >= 0.6 is 0 Å². The minimum atomic E-state index is -3.60. The first-order valence-electron chi connectivity index (χ1n) is 3.49. The summed E-state index contributed by atoms with van der Waals surface area (Å²) in [6.45, 7) is 0. The van der Waals surface area contributed by atoms with Gasteiger partial charge in [0.1, 0.15) is 5.75 Å². The summed E-state index contributed by atoms with van der Waals surface area (Å²) in [6, 6.07) is 5.41. The van der Waals surface area contributed by atoms with Crippen LogP contribution < -0.4 is 33.7 Å². The van der Waals surface area contributed by atoms with Gasteiger partial charge in [-0.25, -0.2) is 4.21 Å². The molecule has 0 saturated carbocycles. The van der Waals surface area contributed by atoms with Crippen LogP contribution in [0.3, 0.4) is 0 Å². The molecule has 0 bridgehead atoms. The Morgan fingerprint density at radius 1 is 1.47 bits per heavy atom. The predicted molar refractivity (Wildman–Crippen MR) is 52.1 cm³/mol. The van der Waals surface area contributed by atoms with Gasteiger partial charge in [0, 0.05) is 6.07 Å². The Morgan fingerprint density at radius 2 is 2.07 bits per heavy atom. The Hall–Kier alpha value is 0.0800. The average molecular weight is 260 g/mol. The Balaban J connectivity index is 0. The first kappa shape index (κ1) is 15.1. The van der Waals surface area contributed by atoms with Crippen LogP contribution in [0.2, 0.25) is 0 Å². The Kier molecular flexibility index (Phi) is 6.01. The van der Waals surface area contributed by atoms with Crippen molar-refractivity contribution in [2.45, 2.75) is 4.90 Å². The molecule has 15 heavy (non-hydrogen) atoms. The van der Waals surface area contributed by atoms with Crippen molar-refractivity contribution in [3.63, 3.8) is 0 Å². The average Bonchev–Trinajstić information content (AvgIpc) is 2.01. The molecule has 1 unspecified atom stereocenters. The largest absolute Gasteiger partial charge is 1.00 e.